The molecule has 2 aromatic rings. The number of benzene rings is 1. The molecule has 0 radical (unpaired) electrons. The fourth-order valence-corrected chi connectivity index (χ4v) is 4.22. The van der Waals surface area contributed by atoms with Crippen molar-refractivity contribution in [1.82, 2.24) is 4.98 Å². The molecule has 112 valence electrons. The lowest BCUT2D eigenvalue weighted by atomic mass is 9.72. The summed E-state index contributed by atoms with van der Waals surface area (Å²) in [6.07, 6.45) is 5.46. The minimum Gasteiger partial charge on any atom is -0.258 e. The molecule has 2 aliphatic carbocycles. The topological polar surface area (TPSA) is 56.0 Å². The van der Waals surface area contributed by atoms with E-state index in [2.05, 4.69) is 13.0 Å². The largest absolute Gasteiger partial charge is 0.270 e. The average molecular weight is 315 g/mol. The summed E-state index contributed by atoms with van der Waals surface area (Å²) in [6, 6.07) is 4.73. The number of nitro groups is 1. The van der Waals surface area contributed by atoms with Gasteiger partial charge in [-0.1, -0.05) is 23.3 Å². The van der Waals surface area contributed by atoms with E-state index in [1.807, 2.05) is 0 Å². The van der Waals surface area contributed by atoms with Gasteiger partial charge in [-0.2, -0.15) is 0 Å². The summed E-state index contributed by atoms with van der Waals surface area (Å²) in [5, 5.41) is 12.3. The molecule has 2 unspecified atom stereocenters. The Hall–Kier alpha value is -1.94. The number of allylic oxidation sites excluding steroid dienone is 2. The number of rotatable bonds is 1. The van der Waals surface area contributed by atoms with Crippen LogP contribution >= 0.6 is 11.6 Å². The Morgan fingerprint density at radius 1 is 1.36 bits per heavy atom. The minimum absolute atomic E-state index is 0.0582. The van der Waals surface area contributed by atoms with Crippen LogP contribution in [0.3, 0.4) is 0 Å². The van der Waals surface area contributed by atoms with Crippen molar-refractivity contribution in [3.63, 3.8) is 0 Å². The summed E-state index contributed by atoms with van der Waals surface area (Å²) in [4.78, 5) is 15.4. The van der Waals surface area contributed by atoms with Gasteiger partial charge in [0.25, 0.3) is 5.69 Å². The highest BCUT2D eigenvalue weighted by Crippen LogP contribution is 2.45. The third-order valence-corrected chi connectivity index (χ3v) is 5.20. The Balaban J connectivity index is 1.96. The highest BCUT2D eigenvalue weighted by Gasteiger charge is 2.32. The molecule has 1 heterocycles. The number of non-ortho nitro benzene ring substituents is 1. The van der Waals surface area contributed by atoms with Crippen molar-refractivity contribution < 1.29 is 4.92 Å². The summed E-state index contributed by atoms with van der Waals surface area (Å²) in [7, 11) is 0. The molecule has 0 N–H and O–H groups in total. The number of hydrogen-bond acceptors (Lipinski definition) is 3. The van der Waals surface area contributed by atoms with Gasteiger partial charge in [0.15, 0.2) is 0 Å². The zero-order valence-electron chi connectivity index (χ0n) is 12.2. The molecule has 0 aliphatic heterocycles. The summed E-state index contributed by atoms with van der Waals surface area (Å²) in [5.41, 5.74) is 4.36. The zero-order valence-corrected chi connectivity index (χ0v) is 12.9. The van der Waals surface area contributed by atoms with Gasteiger partial charge in [-0.3, -0.25) is 15.1 Å². The second kappa shape index (κ2) is 4.78. The third-order valence-electron chi connectivity index (χ3n) is 4.77. The molecule has 1 aromatic heterocycles. The molecule has 0 saturated heterocycles. The Morgan fingerprint density at radius 3 is 2.95 bits per heavy atom. The second-order valence-electron chi connectivity index (χ2n) is 6.38. The molecule has 1 aromatic carbocycles. The van der Waals surface area contributed by atoms with E-state index in [1.54, 1.807) is 6.07 Å². The van der Waals surface area contributed by atoms with Gasteiger partial charge in [-0.15, -0.1) is 0 Å². The van der Waals surface area contributed by atoms with E-state index < -0.39 is 4.92 Å². The van der Waals surface area contributed by atoms with Crippen molar-refractivity contribution in [2.45, 2.75) is 32.1 Å². The van der Waals surface area contributed by atoms with Gasteiger partial charge < -0.3 is 0 Å². The predicted octanol–water partition coefficient (Wildman–Crippen LogP) is 4.79. The number of nitro benzene ring substituents is 1. The molecule has 4 rings (SSSR count). The molecule has 0 fully saturated rings. The van der Waals surface area contributed by atoms with Crippen molar-refractivity contribution >= 4 is 28.2 Å². The average Bonchev–Trinajstić information content (AvgIpc) is 2.48. The maximum Gasteiger partial charge on any atom is 0.270 e. The van der Waals surface area contributed by atoms with Crippen molar-refractivity contribution in [2.24, 2.45) is 5.92 Å². The van der Waals surface area contributed by atoms with Crippen LogP contribution in [0.4, 0.5) is 5.69 Å². The molecule has 0 amide bonds. The molecule has 4 nitrogen and oxygen atoms in total. The Labute approximate surface area is 133 Å². The van der Waals surface area contributed by atoms with Gasteiger partial charge in [0.1, 0.15) is 0 Å². The first kappa shape index (κ1) is 13.7. The molecular weight excluding hydrogens is 300 g/mol. The van der Waals surface area contributed by atoms with E-state index in [9.17, 15) is 10.1 Å². The van der Waals surface area contributed by atoms with Crippen LogP contribution in [0.15, 0.2) is 29.8 Å². The maximum absolute atomic E-state index is 11.0. The number of fused-ring (bicyclic) bond motifs is 5. The zero-order chi connectivity index (χ0) is 15.4. The smallest absolute Gasteiger partial charge is 0.258 e. The monoisotopic (exact) mass is 314 g/mol. The van der Waals surface area contributed by atoms with Gasteiger partial charge in [0.05, 0.1) is 21.2 Å². The van der Waals surface area contributed by atoms with E-state index in [0.29, 0.717) is 22.2 Å². The molecule has 5 heteroatoms. The van der Waals surface area contributed by atoms with Crippen molar-refractivity contribution in [3.05, 3.63) is 56.2 Å². The standard InChI is InChI=1S/C17H15ClN2O2/c1-9-4-10-6-11(5-9)17-14(7-10)16(18)13-8-12(20(21)22)2-3-15(13)19-17/h2-3,5,8,10-11H,4,6-7H2,1H3. The van der Waals surface area contributed by atoms with Gasteiger partial charge in [0, 0.05) is 23.4 Å². The van der Waals surface area contributed by atoms with Gasteiger partial charge in [0.2, 0.25) is 0 Å². The Kier molecular flexibility index (Phi) is 2.98. The number of pyridine rings is 1. The van der Waals surface area contributed by atoms with Crippen molar-refractivity contribution in [3.8, 4) is 0 Å². The minimum atomic E-state index is -0.393. The molecule has 0 saturated carbocycles. The van der Waals surface area contributed by atoms with Gasteiger partial charge in [-0.05, 0) is 43.7 Å². The van der Waals surface area contributed by atoms with Crippen LogP contribution in [0.2, 0.25) is 5.02 Å². The van der Waals surface area contributed by atoms with Crippen molar-refractivity contribution in [2.75, 3.05) is 0 Å². The van der Waals surface area contributed by atoms with E-state index in [-0.39, 0.29) is 5.69 Å². The highest BCUT2D eigenvalue weighted by molar-refractivity contribution is 6.36. The maximum atomic E-state index is 11.0. The summed E-state index contributed by atoms with van der Waals surface area (Å²) in [5.74, 6) is 0.942. The predicted molar refractivity (Wildman–Crippen MR) is 86.3 cm³/mol. The fraction of sp³-hybridized carbons (Fsp3) is 0.353. The fourth-order valence-electron chi connectivity index (χ4n) is 3.90. The number of halogens is 1. The van der Waals surface area contributed by atoms with Crippen LogP contribution in [0.5, 0.6) is 0 Å². The third kappa shape index (κ3) is 2.02. The summed E-state index contributed by atoms with van der Waals surface area (Å²) in [6.45, 7) is 2.18. The molecule has 2 atom stereocenters. The van der Waals surface area contributed by atoms with Crippen LogP contribution in [-0.2, 0) is 6.42 Å². The first-order chi connectivity index (χ1) is 10.5. The van der Waals surface area contributed by atoms with Gasteiger partial charge >= 0.3 is 0 Å². The van der Waals surface area contributed by atoms with Crippen LogP contribution in [0.1, 0.15) is 36.9 Å². The lowest BCUT2D eigenvalue weighted by Crippen LogP contribution is -2.23. The van der Waals surface area contributed by atoms with E-state index in [0.717, 1.165) is 36.0 Å². The highest BCUT2D eigenvalue weighted by atomic mass is 35.5. The number of aromatic nitrogens is 1. The molecular formula is C17H15ClN2O2. The van der Waals surface area contributed by atoms with Crippen molar-refractivity contribution in [1.29, 1.82) is 0 Å². The molecule has 2 bridgehead atoms. The Bertz CT molecular complexity index is 844. The summed E-state index contributed by atoms with van der Waals surface area (Å²) < 4.78 is 0. The number of nitrogens with zero attached hydrogens (tertiary/aromatic N) is 2. The first-order valence-corrected chi connectivity index (χ1v) is 7.84. The number of hydrogen-bond donors (Lipinski definition) is 0. The van der Waals surface area contributed by atoms with Crippen LogP contribution in [0.25, 0.3) is 10.9 Å². The van der Waals surface area contributed by atoms with Crippen LogP contribution in [-0.4, -0.2) is 9.91 Å². The first-order valence-electron chi connectivity index (χ1n) is 7.46. The van der Waals surface area contributed by atoms with Crippen LogP contribution in [0, 0.1) is 16.0 Å². The SMILES string of the molecule is CC1=CC2CC(C1)Cc1c2nc2ccc([N+](=O)[O-])cc2c1Cl. The van der Waals surface area contributed by atoms with E-state index in [4.69, 9.17) is 16.6 Å². The Morgan fingerprint density at radius 2 is 2.18 bits per heavy atom. The quantitative estimate of drug-likeness (QED) is 0.432. The lowest BCUT2D eigenvalue weighted by Gasteiger charge is -2.34. The normalized spacial score (nSPS) is 23.1. The van der Waals surface area contributed by atoms with E-state index >= 15 is 0 Å². The lowest BCUT2D eigenvalue weighted by molar-refractivity contribution is -0.384. The molecule has 22 heavy (non-hydrogen) atoms. The summed E-state index contributed by atoms with van der Waals surface area (Å²) >= 11 is 6.60. The molecule has 0 spiro atoms. The second-order valence-corrected chi connectivity index (χ2v) is 6.76. The van der Waals surface area contributed by atoms with Crippen LogP contribution < -0.4 is 0 Å². The molecule has 2 aliphatic rings. The van der Waals surface area contributed by atoms with E-state index in [1.165, 1.54) is 17.7 Å². The van der Waals surface area contributed by atoms with Gasteiger partial charge in [-0.25, -0.2) is 0 Å².